The van der Waals surface area contributed by atoms with Crippen LogP contribution in [0, 0.1) is 0 Å². The van der Waals surface area contributed by atoms with Gasteiger partial charge in [-0.1, -0.05) is 19.8 Å². The van der Waals surface area contributed by atoms with Crippen molar-refractivity contribution in [2.24, 2.45) is 16.5 Å². The fourth-order valence-corrected chi connectivity index (χ4v) is 7.22. The van der Waals surface area contributed by atoms with Crippen molar-refractivity contribution in [3.63, 3.8) is 0 Å². The quantitative estimate of drug-likeness (QED) is 0.0589. The molecule has 2 heterocycles. The third kappa shape index (κ3) is 30.9. The smallest absolute Gasteiger partial charge is 0.305 e. The van der Waals surface area contributed by atoms with Crippen molar-refractivity contribution in [3.05, 3.63) is 21.4 Å². The summed E-state index contributed by atoms with van der Waals surface area (Å²) in [6, 6.07) is 2.12. The number of hydrogen-bond acceptors (Lipinski definition) is 17. The van der Waals surface area contributed by atoms with Crippen molar-refractivity contribution in [1.29, 1.82) is 0 Å². The Kier molecular flexibility index (Phi) is 35.8. The van der Waals surface area contributed by atoms with Gasteiger partial charge in [-0.05, 0) is 50.3 Å². The number of unbranched alkanes of at least 4 members (excludes halogenated alkanes) is 2. The van der Waals surface area contributed by atoms with Gasteiger partial charge in [0.15, 0.2) is 0 Å². The number of amides is 2. The van der Waals surface area contributed by atoms with E-state index in [0.717, 1.165) is 49.1 Å². The van der Waals surface area contributed by atoms with Crippen LogP contribution in [0.4, 0.5) is 5.69 Å². The SMILES string of the molecule is CCC(CCCCCNC(=O)CCOCCOCCOCCOCCOCCOCCOCCOCCOCCOCCC(=O)O)c1cc2c(s1)C=C(C(=O)NCCCN)CC(N)=N2. The van der Waals surface area contributed by atoms with E-state index in [1.165, 1.54) is 4.88 Å². The van der Waals surface area contributed by atoms with E-state index in [1.807, 2.05) is 6.08 Å². The minimum Gasteiger partial charge on any atom is -0.481 e. The first-order valence-electron chi connectivity index (χ1n) is 22.8. The molecule has 1 unspecified atom stereocenters. The van der Waals surface area contributed by atoms with E-state index >= 15 is 0 Å². The summed E-state index contributed by atoms with van der Waals surface area (Å²) in [6.45, 7) is 12.5. The van der Waals surface area contributed by atoms with Crippen LogP contribution >= 0.6 is 11.3 Å². The number of rotatable bonds is 45. The van der Waals surface area contributed by atoms with Crippen molar-refractivity contribution in [1.82, 2.24) is 10.6 Å². The van der Waals surface area contributed by atoms with Crippen LogP contribution in [0.2, 0.25) is 0 Å². The summed E-state index contributed by atoms with van der Waals surface area (Å²) in [6.07, 6.45) is 8.33. The Hall–Kier alpha value is -3.12. The second-order valence-corrected chi connectivity index (χ2v) is 15.7. The number of hydrogen-bond donors (Lipinski definition) is 5. The second kappa shape index (κ2) is 40.2. The van der Waals surface area contributed by atoms with E-state index in [-0.39, 0.29) is 24.8 Å². The highest BCUT2D eigenvalue weighted by Crippen LogP contribution is 2.40. The monoisotopic (exact) mass is 932 g/mol. The van der Waals surface area contributed by atoms with Crippen LogP contribution in [0.5, 0.6) is 0 Å². The molecule has 2 amide bonds. The molecule has 0 fully saturated rings. The number of aliphatic carboxylic acids is 1. The van der Waals surface area contributed by atoms with Gasteiger partial charge in [0.1, 0.15) is 5.84 Å². The number of aliphatic imine (C=N–C) groups is 1. The Bertz CT molecular complexity index is 1420. The number of carboxylic acid groups (broad SMARTS) is 1. The fraction of sp³-hybridized carbons (Fsp3) is 0.773. The molecular weight excluding hydrogens is 855 g/mol. The van der Waals surface area contributed by atoms with Crippen LogP contribution in [-0.2, 0) is 61.8 Å². The molecule has 2 rings (SSSR count). The Morgan fingerprint density at radius 2 is 1.11 bits per heavy atom. The van der Waals surface area contributed by atoms with E-state index in [2.05, 4.69) is 28.6 Å². The van der Waals surface area contributed by atoms with Gasteiger partial charge in [0, 0.05) is 36.4 Å². The van der Waals surface area contributed by atoms with Crippen molar-refractivity contribution >= 4 is 46.7 Å². The Morgan fingerprint density at radius 1 is 0.656 bits per heavy atom. The summed E-state index contributed by atoms with van der Waals surface area (Å²) in [5.74, 6) is -0.182. The summed E-state index contributed by atoms with van der Waals surface area (Å²) < 4.78 is 54.4. The van der Waals surface area contributed by atoms with Crippen LogP contribution < -0.4 is 22.1 Å². The van der Waals surface area contributed by atoms with Crippen molar-refractivity contribution in [3.8, 4) is 0 Å². The number of carbonyl (C=O) groups excluding carboxylic acids is 2. The average molecular weight is 932 g/mol. The Morgan fingerprint density at radius 3 is 1.56 bits per heavy atom. The molecule has 7 N–H and O–H groups in total. The summed E-state index contributed by atoms with van der Waals surface area (Å²) >= 11 is 1.69. The first-order valence-corrected chi connectivity index (χ1v) is 23.6. The zero-order chi connectivity index (χ0) is 46.1. The first-order chi connectivity index (χ1) is 31.3. The summed E-state index contributed by atoms with van der Waals surface area (Å²) in [5, 5.41) is 14.4. The molecule has 0 bridgehead atoms. The maximum absolute atomic E-state index is 12.7. The molecule has 1 aliphatic heterocycles. The molecule has 1 aliphatic rings. The van der Waals surface area contributed by atoms with Gasteiger partial charge in [-0.15, -0.1) is 11.3 Å². The van der Waals surface area contributed by atoms with E-state index in [4.69, 9.17) is 63.9 Å². The number of carboxylic acids is 1. The maximum atomic E-state index is 12.7. The van der Waals surface area contributed by atoms with Crippen LogP contribution in [0.15, 0.2) is 16.6 Å². The molecule has 1 atom stereocenters. The Labute approximate surface area is 383 Å². The molecule has 19 nitrogen and oxygen atoms in total. The van der Waals surface area contributed by atoms with E-state index < -0.39 is 5.97 Å². The highest BCUT2D eigenvalue weighted by Gasteiger charge is 2.20. The number of thiophene rings is 1. The van der Waals surface area contributed by atoms with Crippen LogP contribution in [0.1, 0.15) is 80.4 Å². The predicted molar refractivity (Wildman–Crippen MR) is 244 cm³/mol. The highest BCUT2D eigenvalue weighted by molar-refractivity contribution is 7.13. The topological polar surface area (TPSA) is 252 Å². The van der Waals surface area contributed by atoms with E-state index in [9.17, 15) is 14.4 Å². The molecular formula is C44H77N5O14S. The number of nitrogens with two attached hydrogens (primary N) is 2. The lowest BCUT2D eigenvalue weighted by atomic mass is 9.97. The normalized spacial score (nSPS) is 13.0. The molecule has 1 aromatic rings. The van der Waals surface area contributed by atoms with Crippen LogP contribution in [-0.4, -0.2) is 180 Å². The average Bonchev–Trinajstić information content (AvgIpc) is 3.59. The lowest BCUT2D eigenvalue weighted by Gasteiger charge is -2.13. The highest BCUT2D eigenvalue weighted by atomic mass is 32.1. The van der Waals surface area contributed by atoms with E-state index in [0.29, 0.717) is 175 Å². The summed E-state index contributed by atoms with van der Waals surface area (Å²) in [7, 11) is 0. The lowest BCUT2D eigenvalue weighted by Crippen LogP contribution is -2.29. The van der Waals surface area contributed by atoms with Gasteiger partial charge < -0.3 is 74.6 Å². The fourth-order valence-electron chi connectivity index (χ4n) is 5.93. The first kappa shape index (κ1) is 57.0. The van der Waals surface area contributed by atoms with Gasteiger partial charge in [-0.2, -0.15) is 0 Å². The Balaban J connectivity index is 1.29. The molecule has 0 saturated heterocycles. The molecule has 0 aliphatic carbocycles. The number of nitrogens with zero attached hydrogens (tertiary/aromatic N) is 1. The minimum absolute atomic E-state index is 0.0102. The molecule has 1 aromatic heterocycles. The number of ether oxygens (including phenoxy) is 10. The molecule has 0 saturated carbocycles. The predicted octanol–water partition coefficient (Wildman–Crippen LogP) is 3.19. The molecule has 64 heavy (non-hydrogen) atoms. The number of carbonyl (C=O) groups is 3. The maximum Gasteiger partial charge on any atom is 0.305 e. The van der Waals surface area contributed by atoms with Gasteiger partial charge >= 0.3 is 5.97 Å². The van der Waals surface area contributed by atoms with Crippen molar-refractivity contribution in [2.45, 2.75) is 70.6 Å². The van der Waals surface area contributed by atoms with Crippen molar-refractivity contribution < 1.29 is 66.9 Å². The standard InChI is InChI=1S/C44H77N5O14S/c1-2-36(39-35-38-40(64-39)33-37(34-41(46)49-38)44(53)48-12-6-10-45)7-4-3-5-11-47-42(50)8-13-54-15-17-56-19-21-58-23-25-60-27-29-62-31-32-63-30-28-61-26-24-59-22-20-57-18-16-55-14-9-43(51)52/h33,35-36H,2-32,34,45H2,1H3,(H2,46,49)(H,47,50)(H,48,53)(H,51,52). The number of amidine groups is 1. The van der Waals surface area contributed by atoms with Gasteiger partial charge in [0.2, 0.25) is 11.8 Å². The summed E-state index contributed by atoms with van der Waals surface area (Å²) in [4.78, 5) is 42.1. The third-order valence-electron chi connectivity index (χ3n) is 9.39. The zero-order valence-corrected chi connectivity index (χ0v) is 38.9. The van der Waals surface area contributed by atoms with Crippen LogP contribution in [0.3, 0.4) is 0 Å². The number of fused-ring (bicyclic) bond motifs is 1. The number of nitrogens with one attached hydrogen (secondary N) is 2. The van der Waals surface area contributed by atoms with Gasteiger partial charge in [0.05, 0.1) is 149 Å². The molecule has 0 radical (unpaired) electrons. The van der Waals surface area contributed by atoms with E-state index in [1.54, 1.807) is 11.3 Å². The zero-order valence-electron chi connectivity index (χ0n) is 38.1. The third-order valence-corrected chi connectivity index (χ3v) is 10.6. The minimum atomic E-state index is -0.880. The van der Waals surface area contributed by atoms with Gasteiger partial charge in [0.25, 0.3) is 0 Å². The largest absolute Gasteiger partial charge is 0.481 e. The molecule has 368 valence electrons. The van der Waals surface area contributed by atoms with Gasteiger partial charge in [-0.25, -0.2) is 4.99 Å². The molecule has 0 aromatic carbocycles. The molecule has 0 spiro atoms. The lowest BCUT2D eigenvalue weighted by molar-refractivity contribution is -0.138. The second-order valence-electron chi connectivity index (χ2n) is 14.6. The summed E-state index contributed by atoms with van der Waals surface area (Å²) in [5.41, 5.74) is 13.2. The van der Waals surface area contributed by atoms with Crippen molar-refractivity contribution in [2.75, 3.05) is 152 Å². The van der Waals surface area contributed by atoms with Gasteiger partial charge in [-0.3, -0.25) is 14.4 Å². The molecule has 20 heteroatoms. The van der Waals surface area contributed by atoms with Crippen LogP contribution in [0.25, 0.3) is 6.08 Å².